The summed E-state index contributed by atoms with van der Waals surface area (Å²) in [4.78, 5) is 23.0. The molecule has 3 rings (SSSR count). The zero-order valence-electron chi connectivity index (χ0n) is 12.9. The molecule has 4 atom stereocenters. The van der Waals surface area contributed by atoms with Gasteiger partial charge >= 0.3 is 5.97 Å². The van der Waals surface area contributed by atoms with E-state index >= 15 is 0 Å². The van der Waals surface area contributed by atoms with Crippen LogP contribution in [0.4, 0.5) is 5.95 Å². The number of hydrogen-bond donors (Lipinski definition) is 4. The normalized spacial score (nSPS) is 30.4. The van der Waals surface area contributed by atoms with E-state index in [0.29, 0.717) is 30.6 Å². The fraction of sp³-hybridized carbons (Fsp3) is 0.786. The Balaban J connectivity index is 1.44. The van der Waals surface area contributed by atoms with Gasteiger partial charge in [-0.1, -0.05) is 11.5 Å². The van der Waals surface area contributed by atoms with Gasteiger partial charge in [0, 0.05) is 6.42 Å². The van der Waals surface area contributed by atoms with Gasteiger partial charge in [0.25, 0.3) is 5.95 Å². The highest BCUT2D eigenvalue weighted by atomic mass is 16.4. The number of aliphatic carboxylic acids is 1. The molecule has 2 aliphatic rings. The zero-order chi connectivity index (χ0) is 16.2. The predicted molar refractivity (Wildman–Crippen MR) is 80.4 cm³/mol. The van der Waals surface area contributed by atoms with Gasteiger partial charge in [-0.25, -0.2) is 0 Å². The number of H-pyrrole nitrogens is 1. The Hall–Kier alpha value is -2.03. The standard InChI is InChI=1S/C14H22N6O3/c21-12(16-14-17-19-20-18-14)4-2-8-1-3-9-7-15-11(13(22)23)6-10(9)5-8/h8-11,15H,1-7H2,(H,22,23)(H2,16,17,18,19,20,21)/t8-,9+,10-,11+/m1/s1. The summed E-state index contributed by atoms with van der Waals surface area (Å²) in [5, 5.41) is 27.9. The van der Waals surface area contributed by atoms with Crippen molar-refractivity contribution >= 4 is 17.8 Å². The fourth-order valence-corrected chi connectivity index (χ4v) is 3.85. The smallest absolute Gasteiger partial charge is 0.320 e. The summed E-state index contributed by atoms with van der Waals surface area (Å²) in [6.07, 6.45) is 5.18. The molecule has 1 aliphatic carbocycles. The Kier molecular flexibility index (Phi) is 4.85. The van der Waals surface area contributed by atoms with Crippen LogP contribution in [0.5, 0.6) is 0 Å². The molecule has 0 aromatic carbocycles. The summed E-state index contributed by atoms with van der Waals surface area (Å²) >= 11 is 0. The van der Waals surface area contributed by atoms with Crippen molar-refractivity contribution in [3.8, 4) is 0 Å². The van der Waals surface area contributed by atoms with Crippen molar-refractivity contribution < 1.29 is 14.7 Å². The number of carboxylic acid groups (broad SMARTS) is 1. The van der Waals surface area contributed by atoms with Gasteiger partial charge in [-0.15, -0.1) is 5.10 Å². The lowest BCUT2D eigenvalue weighted by Crippen LogP contribution is -2.49. The second-order valence-electron chi connectivity index (χ2n) is 6.56. The van der Waals surface area contributed by atoms with E-state index in [1.165, 1.54) is 0 Å². The Labute approximate surface area is 133 Å². The van der Waals surface area contributed by atoms with E-state index in [9.17, 15) is 9.59 Å². The minimum Gasteiger partial charge on any atom is -0.480 e. The van der Waals surface area contributed by atoms with Gasteiger partial charge in [-0.3, -0.25) is 14.9 Å². The van der Waals surface area contributed by atoms with Crippen LogP contribution in [-0.4, -0.2) is 50.2 Å². The number of piperidine rings is 1. The van der Waals surface area contributed by atoms with Crippen LogP contribution in [0.2, 0.25) is 0 Å². The SMILES string of the molecule is O=C(CC[C@H]1CC[C@H]2CN[C@H](C(=O)O)C[C@H]2C1)Nc1nn[nH]n1. The molecule has 0 radical (unpaired) electrons. The van der Waals surface area contributed by atoms with Gasteiger partial charge in [0.05, 0.1) is 0 Å². The second kappa shape index (κ2) is 7.03. The molecular formula is C14H22N6O3. The molecule has 1 saturated heterocycles. The van der Waals surface area contributed by atoms with Gasteiger partial charge in [0.1, 0.15) is 6.04 Å². The zero-order valence-corrected chi connectivity index (χ0v) is 12.9. The molecule has 1 aromatic heterocycles. The van der Waals surface area contributed by atoms with E-state index < -0.39 is 12.0 Å². The molecule has 9 nitrogen and oxygen atoms in total. The number of nitrogens with zero attached hydrogens (tertiary/aromatic N) is 3. The van der Waals surface area contributed by atoms with Crippen LogP contribution in [0.25, 0.3) is 0 Å². The first-order chi connectivity index (χ1) is 11.1. The molecule has 1 aliphatic heterocycles. The van der Waals surface area contributed by atoms with Crippen molar-refractivity contribution in [2.45, 2.75) is 44.6 Å². The van der Waals surface area contributed by atoms with Crippen molar-refractivity contribution in [3.63, 3.8) is 0 Å². The molecule has 0 spiro atoms. The highest BCUT2D eigenvalue weighted by molar-refractivity contribution is 5.88. The minimum atomic E-state index is -0.759. The molecule has 2 heterocycles. The summed E-state index contributed by atoms with van der Waals surface area (Å²) in [6, 6.07) is -0.420. The molecule has 0 bridgehead atoms. The van der Waals surface area contributed by atoms with Crippen molar-refractivity contribution in [2.75, 3.05) is 11.9 Å². The third-order valence-electron chi connectivity index (χ3n) is 5.09. The number of carboxylic acids is 1. The molecule has 1 aromatic rings. The molecule has 2 fully saturated rings. The highest BCUT2D eigenvalue weighted by Gasteiger charge is 2.37. The van der Waals surface area contributed by atoms with Crippen LogP contribution >= 0.6 is 0 Å². The van der Waals surface area contributed by atoms with Crippen LogP contribution in [-0.2, 0) is 9.59 Å². The molecule has 4 N–H and O–H groups in total. The first kappa shape index (κ1) is 15.9. The molecule has 1 amide bonds. The maximum Gasteiger partial charge on any atom is 0.320 e. The van der Waals surface area contributed by atoms with Crippen molar-refractivity contribution in [1.29, 1.82) is 0 Å². The summed E-state index contributed by atoms with van der Waals surface area (Å²) in [6.45, 7) is 0.798. The lowest BCUT2D eigenvalue weighted by molar-refractivity contribution is -0.141. The van der Waals surface area contributed by atoms with Crippen LogP contribution in [0.3, 0.4) is 0 Å². The van der Waals surface area contributed by atoms with Crippen molar-refractivity contribution in [1.82, 2.24) is 25.9 Å². The quantitative estimate of drug-likeness (QED) is 0.616. The first-order valence-electron chi connectivity index (χ1n) is 8.11. The number of aromatic amines is 1. The van der Waals surface area contributed by atoms with E-state index in [0.717, 1.165) is 32.2 Å². The fourth-order valence-electron chi connectivity index (χ4n) is 3.85. The maximum atomic E-state index is 11.9. The number of hydrogen-bond acceptors (Lipinski definition) is 6. The van der Waals surface area contributed by atoms with Gasteiger partial charge < -0.3 is 10.4 Å². The number of fused-ring (bicyclic) bond motifs is 1. The minimum absolute atomic E-state index is 0.109. The maximum absolute atomic E-state index is 11.9. The van der Waals surface area contributed by atoms with Crippen LogP contribution < -0.4 is 10.6 Å². The van der Waals surface area contributed by atoms with Gasteiger partial charge in [-0.2, -0.15) is 5.21 Å². The Morgan fingerprint density at radius 1 is 1.26 bits per heavy atom. The number of tetrazole rings is 1. The molecule has 126 valence electrons. The van der Waals surface area contributed by atoms with E-state index in [2.05, 4.69) is 31.3 Å². The third-order valence-corrected chi connectivity index (χ3v) is 5.09. The number of amides is 1. The van der Waals surface area contributed by atoms with E-state index in [-0.39, 0.29) is 11.9 Å². The largest absolute Gasteiger partial charge is 0.480 e. The van der Waals surface area contributed by atoms with E-state index in [1.54, 1.807) is 0 Å². The number of carbonyl (C=O) groups excluding carboxylic acids is 1. The molecule has 9 heteroatoms. The topological polar surface area (TPSA) is 133 Å². The average Bonchev–Trinajstić information content (AvgIpc) is 3.05. The number of aromatic nitrogens is 4. The number of carbonyl (C=O) groups is 2. The lowest BCUT2D eigenvalue weighted by atomic mass is 9.69. The first-order valence-corrected chi connectivity index (χ1v) is 8.11. The van der Waals surface area contributed by atoms with E-state index in [4.69, 9.17) is 5.11 Å². The molecular weight excluding hydrogens is 300 g/mol. The van der Waals surface area contributed by atoms with Crippen LogP contribution in [0, 0.1) is 17.8 Å². The lowest BCUT2D eigenvalue weighted by Gasteiger charge is -2.41. The highest BCUT2D eigenvalue weighted by Crippen LogP contribution is 2.40. The summed E-state index contributed by atoms with van der Waals surface area (Å²) < 4.78 is 0. The molecule has 23 heavy (non-hydrogen) atoms. The molecule has 1 saturated carbocycles. The Morgan fingerprint density at radius 2 is 2.13 bits per heavy atom. The van der Waals surface area contributed by atoms with E-state index in [1.807, 2.05) is 0 Å². The Morgan fingerprint density at radius 3 is 2.87 bits per heavy atom. The summed E-state index contributed by atoms with van der Waals surface area (Å²) in [5.74, 6) is 0.847. The predicted octanol–water partition coefficient (Wildman–Crippen LogP) is 0.397. The monoisotopic (exact) mass is 322 g/mol. The van der Waals surface area contributed by atoms with Gasteiger partial charge in [-0.05, 0) is 55.2 Å². The Bertz CT molecular complexity index is 549. The summed E-state index contributed by atoms with van der Waals surface area (Å²) in [7, 11) is 0. The van der Waals surface area contributed by atoms with Crippen LogP contribution in [0.1, 0.15) is 38.5 Å². The van der Waals surface area contributed by atoms with Crippen LogP contribution in [0.15, 0.2) is 0 Å². The van der Waals surface area contributed by atoms with Gasteiger partial charge in [0.15, 0.2) is 0 Å². The third kappa shape index (κ3) is 4.04. The number of anilines is 1. The molecule has 0 unspecified atom stereocenters. The summed E-state index contributed by atoms with van der Waals surface area (Å²) in [5.41, 5.74) is 0. The second-order valence-corrected chi connectivity index (χ2v) is 6.56. The van der Waals surface area contributed by atoms with Crippen molar-refractivity contribution in [3.05, 3.63) is 0 Å². The number of rotatable bonds is 5. The number of nitrogens with one attached hydrogen (secondary N) is 3. The van der Waals surface area contributed by atoms with Crippen molar-refractivity contribution in [2.24, 2.45) is 17.8 Å². The van der Waals surface area contributed by atoms with Gasteiger partial charge in [0.2, 0.25) is 5.91 Å². The average molecular weight is 322 g/mol.